The molecular weight excluding hydrogens is 292 g/mol. The molecule has 2 atom stereocenters. The number of carboxylic acid groups (broad SMARTS) is 1. The van der Waals surface area contributed by atoms with E-state index in [1.807, 2.05) is 12.1 Å². The summed E-state index contributed by atoms with van der Waals surface area (Å²) in [4.78, 5) is 26.5. The summed E-state index contributed by atoms with van der Waals surface area (Å²) in [5.74, 6) is -1.20. The summed E-state index contributed by atoms with van der Waals surface area (Å²) in [6.07, 6.45) is 5.11. The molecule has 1 aromatic carbocycles. The second-order valence-corrected chi connectivity index (χ2v) is 5.97. The van der Waals surface area contributed by atoms with Gasteiger partial charge >= 0.3 is 5.97 Å². The molecule has 0 saturated carbocycles. The summed E-state index contributed by atoms with van der Waals surface area (Å²) >= 11 is 0. The fourth-order valence-corrected chi connectivity index (χ4v) is 3.31. The molecule has 0 radical (unpaired) electrons. The van der Waals surface area contributed by atoms with Crippen LogP contribution in [-0.4, -0.2) is 28.0 Å². The minimum atomic E-state index is -0.993. The number of benzene rings is 1. The predicted molar refractivity (Wildman–Crippen MR) is 86.4 cm³/mol. The van der Waals surface area contributed by atoms with Crippen LogP contribution in [0.5, 0.6) is 0 Å². The van der Waals surface area contributed by atoms with Crippen molar-refractivity contribution < 1.29 is 14.7 Å². The molecule has 5 nitrogen and oxygen atoms in total. The maximum absolute atomic E-state index is 12.1. The standard InChI is InChI=1S/C18H20N2O3/c21-17(15-9-4-10-19-15)20-16(18(22)23)11-13-7-3-6-12-5-1-2-8-14(12)13/h1-2,4-5,8-10,13,16,19H,3,6-7,11H2,(H,20,21)(H,22,23). The summed E-state index contributed by atoms with van der Waals surface area (Å²) in [6.45, 7) is 0. The summed E-state index contributed by atoms with van der Waals surface area (Å²) in [7, 11) is 0. The highest BCUT2D eigenvalue weighted by Gasteiger charge is 2.28. The van der Waals surface area contributed by atoms with Gasteiger partial charge in [0.2, 0.25) is 0 Å². The Bertz CT molecular complexity index is 694. The van der Waals surface area contributed by atoms with Gasteiger partial charge in [-0.2, -0.15) is 0 Å². The Hall–Kier alpha value is -2.56. The van der Waals surface area contributed by atoms with Crippen molar-refractivity contribution >= 4 is 11.9 Å². The van der Waals surface area contributed by atoms with Gasteiger partial charge < -0.3 is 15.4 Å². The highest BCUT2D eigenvalue weighted by Crippen LogP contribution is 2.34. The van der Waals surface area contributed by atoms with Gasteiger partial charge in [-0.3, -0.25) is 4.79 Å². The lowest BCUT2D eigenvalue weighted by atomic mass is 9.79. The zero-order chi connectivity index (χ0) is 16.2. The number of rotatable bonds is 5. The number of aromatic nitrogens is 1. The third kappa shape index (κ3) is 3.44. The van der Waals surface area contributed by atoms with Crippen LogP contribution in [0, 0.1) is 0 Å². The first-order valence-electron chi connectivity index (χ1n) is 7.90. The van der Waals surface area contributed by atoms with Gasteiger partial charge in [-0.15, -0.1) is 0 Å². The van der Waals surface area contributed by atoms with E-state index in [2.05, 4.69) is 22.4 Å². The van der Waals surface area contributed by atoms with Crippen molar-refractivity contribution in [2.45, 2.75) is 37.6 Å². The second kappa shape index (κ2) is 6.69. The fraction of sp³-hybridized carbons (Fsp3) is 0.333. The summed E-state index contributed by atoms with van der Waals surface area (Å²) in [6, 6.07) is 10.6. The quantitative estimate of drug-likeness (QED) is 0.794. The minimum Gasteiger partial charge on any atom is -0.480 e. The van der Waals surface area contributed by atoms with E-state index in [9.17, 15) is 14.7 Å². The Morgan fingerprint density at radius 3 is 2.83 bits per heavy atom. The van der Waals surface area contributed by atoms with Crippen LogP contribution in [0.15, 0.2) is 42.6 Å². The third-order valence-electron chi connectivity index (χ3n) is 4.46. The number of hydrogen-bond donors (Lipinski definition) is 3. The number of fused-ring (bicyclic) bond motifs is 1. The van der Waals surface area contributed by atoms with Crippen molar-refractivity contribution in [3.05, 3.63) is 59.4 Å². The second-order valence-electron chi connectivity index (χ2n) is 5.97. The largest absolute Gasteiger partial charge is 0.480 e. The van der Waals surface area contributed by atoms with Gasteiger partial charge in [-0.05, 0) is 54.9 Å². The molecule has 0 fully saturated rings. The highest BCUT2D eigenvalue weighted by molar-refractivity contribution is 5.95. The number of hydrogen-bond acceptors (Lipinski definition) is 2. The maximum atomic E-state index is 12.1. The van der Waals surface area contributed by atoms with Gasteiger partial charge in [-0.25, -0.2) is 4.79 Å². The van der Waals surface area contributed by atoms with Crippen LogP contribution in [0.2, 0.25) is 0 Å². The van der Waals surface area contributed by atoms with Crippen LogP contribution in [-0.2, 0) is 11.2 Å². The third-order valence-corrected chi connectivity index (χ3v) is 4.46. The molecule has 0 aliphatic heterocycles. The lowest BCUT2D eigenvalue weighted by Crippen LogP contribution is -2.42. The van der Waals surface area contributed by atoms with E-state index in [0.29, 0.717) is 12.1 Å². The summed E-state index contributed by atoms with van der Waals surface area (Å²) in [5.41, 5.74) is 2.89. The molecule has 5 heteroatoms. The molecule has 2 unspecified atom stereocenters. The fourth-order valence-electron chi connectivity index (χ4n) is 3.31. The van der Waals surface area contributed by atoms with Crippen LogP contribution < -0.4 is 5.32 Å². The van der Waals surface area contributed by atoms with E-state index in [0.717, 1.165) is 19.3 Å². The molecule has 1 aliphatic rings. The number of carbonyl (C=O) groups excluding carboxylic acids is 1. The number of aliphatic carboxylic acids is 1. The SMILES string of the molecule is O=C(NC(CC1CCCc2ccccc21)C(=O)O)c1ccc[nH]1. The van der Waals surface area contributed by atoms with Crippen LogP contribution in [0.3, 0.4) is 0 Å². The van der Waals surface area contributed by atoms with Crippen molar-refractivity contribution in [1.82, 2.24) is 10.3 Å². The predicted octanol–water partition coefficient (Wildman–Crippen LogP) is 2.71. The number of carbonyl (C=O) groups is 2. The Balaban J connectivity index is 1.73. The Morgan fingerprint density at radius 1 is 1.26 bits per heavy atom. The monoisotopic (exact) mass is 312 g/mol. The first-order valence-corrected chi connectivity index (χ1v) is 7.90. The van der Waals surface area contributed by atoms with Crippen LogP contribution in [0.1, 0.15) is 46.8 Å². The Morgan fingerprint density at radius 2 is 2.09 bits per heavy atom. The van der Waals surface area contributed by atoms with Gasteiger partial charge in [-0.1, -0.05) is 24.3 Å². The van der Waals surface area contributed by atoms with Gasteiger partial charge in [0.05, 0.1) is 0 Å². The minimum absolute atomic E-state index is 0.171. The van der Waals surface area contributed by atoms with Crippen molar-refractivity contribution in [3.8, 4) is 0 Å². The molecule has 120 valence electrons. The number of amides is 1. The smallest absolute Gasteiger partial charge is 0.326 e. The Labute approximate surface area is 134 Å². The maximum Gasteiger partial charge on any atom is 0.326 e. The molecule has 0 saturated heterocycles. The molecule has 2 aromatic rings. The molecule has 1 amide bonds. The van der Waals surface area contributed by atoms with Gasteiger partial charge in [0.15, 0.2) is 0 Å². The number of aryl methyl sites for hydroxylation is 1. The van der Waals surface area contributed by atoms with Gasteiger partial charge in [0, 0.05) is 6.20 Å². The summed E-state index contributed by atoms with van der Waals surface area (Å²) in [5, 5.41) is 12.1. The van der Waals surface area contributed by atoms with Crippen LogP contribution >= 0.6 is 0 Å². The molecule has 0 spiro atoms. The number of nitrogens with one attached hydrogen (secondary N) is 2. The molecule has 1 aromatic heterocycles. The van der Waals surface area contributed by atoms with Crippen molar-refractivity contribution in [1.29, 1.82) is 0 Å². The molecular formula is C18H20N2O3. The summed E-state index contributed by atoms with van der Waals surface area (Å²) < 4.78 is 0. The van der Waals surface area contributed by atoms with E-state index in [-0.39, 0.29) is 11.8 Å². The van der Waals surface area contributed by atoms with Gasteiger partial charge in [0.25, 0.3) is 5.91 Å². The lowest BCUT2D eigenvalue weighted by Gasteiger charge is -2.28. The average molecular weight is 312 g/mol. The van der Waals surface area contributed by atoms with Crippen molar-refractivity contribution in [2.24, 2.45) is 0 Å². The first kappa shape index (κ1) is 15.3. The molecule has 1 heterocycles. The molecule has 23 heavy (non-hydrogen) atoms. The highest BCUT2D eigenvalue weighted by atomic mass is 16.4. The van der Waals surface area contributed by atoms with Crippen LogP contribution in [0.4, 0.5) is 0 Å². The zero-order valence-electron chi connectivity index (χ0n) is 12.8. The lowest BCUT2D eigenvalue weighted by molar-refractivity contribution is -0.139. The normalized spacial score (nSPS) is 18.0. The van der Waals surface area contributed by atoms with E-state index in [4.69, 9.17) is 0 Å². The van der Waals surface area contributed by atoms with E-state index >= 15 is 0 Å². The number of carboxylic acids is 1. The molecule has 3 N–H and O–H groups in total. The molecule has 1 aliphatic carbocycles. The van der Waals surface area contributed by atoms with Crippen LogP contribution in [0.25, 0.3) is 0 Å². The van der Waals surface area contributed by atoms with Crippen molar-refractivity contribution in [3.63, 3.8) is 0 Å². The van der Waals surface area contributed by atoms with Gasteiger partial charge in [0.1, 0.15) is 11.7 Å². The van der Waals surface area contributed by atoms with E-state index in [1.165, 1.54) is 11.1 Å². The van der Waals surface area contributed by atoms with E-state index < -0.39 is 12.0 Å². The van der Waals surface area contributed by atoms with Crippen molar-refractivity contribution in [2.75, 3.05) is 0 Å². The average Bonchev–Trinajstić information content (AvgIpc) is 3.09. The van der Waals surface area contributed by atoms with E-state index in [1.54, 1.807) is 18.3 Å². The number of H-pyrrole nitrogens is 1. The topological polar surface area (TPSA) is 82.2 Å². The zero-order valence-corrected chi connectivity index (χ0v) is 12.8. The molecule has 3 rings (SSSR count). The number of aromatic amines is 1. The molecule has 0 bridgehead atoms. The first-order chi connectivity index (χ1) is 11.1. The Kier molecular flexibility index (Phi) is 4.46.